The van der Waals surface area contributed by atoms with Crippen LogP contribution < -0.4 is 5.32 Å². The molecule has 0 saturated carbocycles. The molecule has 7 heteroatoms. The first-order chi connectivity index (χ1) is 11.1. The van der Waals surface area contributed by atoms with Crippen molar-refractivity contribution in [2.75, 3.05) is 5.32 Å². The highest BCUT2D eigenvalue weighted by Gasteiger charge is 2.07. The topological polar surface area (TPSA) is 85.8 Å². The Morgan fingerprint density at radius 2 is 2.17 bits per heavy atom. The number of hydrogen-bond acceptors (Lipinski definition) is 5. The average Bonchev–Trinajstić information content (AvgIpc) is 3.15. The molecule has 7 nitrogen and oxygen atoms in total. The highest BCUT2D eigenvalue weighted by molar-refractivity contribution is 6.01. The number of rotatable bonds is 4. The van der Waals surface area contributed by atoms with Gasteiger partial charge in [0.25, 0.3) is 0 Å². The Morgan fingerprint density at radius 3 is 2.87 bits per heavy atom. The second-order valence-electron chi connectivity index (χ2n) is 4.94. The van der Waals surface area contributed by atoms with Gasteiger partial charge in [-0.05, 0) is 38.1 Å². The van der Waals surface area contributed by atoms with E-state index in [0.717, 1.165) is 11.4 Å². The molecule has 0 aliphatic rings. The highest BCUT2D eigenvalue weighted by atomic mass is 16.3. The predicted octanol–water partition coefficient (Wildman–Crippen LogP) is 2.52. The van der Waals surface area contributed by atoms with Gasteiger partial charge in [0.1, 0.15) is 17.9 Å². The Balaban J connectivity index is 1.75. The normalized spacial score (nSPS) is 11.0. The van der Waals surface area contributed by atoms with Gasteiger partial charge in [-0.1, -0.05) is 0 Å². The lowest BCUT2D eigenvalue weighted by Gasteiger charge is -2.05. The van der Waals surface area contributed by atoms with Crippen LogP contribution in [0.4, 0.5) is 5.82 Å². The van der Waals surface area contributed by atoms with E-state index in [0.29, 0.717) is 17.4 Å². The molecule has 0 spiro atoms. The molecule has 0 aliphatic heterocycles. The molecule has 3 heterocycles. The summed E-state index contributed by atoms with van der Waals surface area (Å²) < 4.78 is 6.82. The standard InChI is InChI=1S/C16H15N5O2/c1-11-8-12(2)21(20-11)15-9-14(17-10-18-15)19-16(22)6-5-13-4-3-7-23-13/h3-10H,1-2H3,(H,17,18,19,22)/b6-5+. The van der Waals surface area contributed by atoms with Gasteiger partial charge < -0.3 is 9.73 Å². The van der Waals surface area contributed by atoms with E-state index in [2.05, 4.69) is 20.4 Å². The summed E-state index contributed by atoms with van der Waals surface area (Å²) in [4.78, 5) is 20.1. The maximum Gasteiger partial charge on any atom is 0.249 e. The van der Waals surface area contributed by atoms with Gasteiger partial charge in [-0.2, -0.15) is 5.10 Å². The number of carbonyl (C=O) groups excluding carboxylic acids is 1. The first-order valence-corrected chi connectivity index (χ1v) is 7.00. The molecule has 1 N–H and O–H groups in total. The zero-order valence-electron chi connectivity index (χ0n) is 12.7. The monoisotopic (exact) mass is 309 g/mol. The molecule has 3 aromatic heterocycles. The Morgan fingerprint density at radius 1 is 1.30 bits per heavy atom. The number of aromatic nitrogens is 4. The van der Waals surface area contributed by atoms with Crippen LogP contribution in [-0.2, 0) is 4.79 Å². The smallest absolute Gasteiger partial charge is 0.249 e. The Hall–Kier alpha value is -3.22. The van der Waals surface area contributed by atoms with Gasteiger partial charge >= 0.3 is 0 Å². The van der Waals surface area contributed by atoms with Crippen LogP contribution in [0.15, 0.2) is 47.3 Å². The minimum absolute atomic E-state index is 0.306. The first-order valence-electron chi connectivity index (χ1n) is 7.00. The lowest BCUT2D eigenvalue weighted by atomic mass is 10.4. The van der Waals surface area contributed by atoms with E-state index in [1.165, 1.54) is 12.4 Å². The predicted molar refractivity (Wildman–Crippen MR) is 85.0 cm³/mol. The minimum atomic E-state index is -0.306. The molecule has 0 radical (unpaired) electrons. The van der Waals surface area contributed by atoms with Crippen LogP contribution in [0.25, 0.3) is 11.9 Å². The summed E-state index contributed by atoms with van der Waals surface area (Å²) in [5, 5.41) is 7.04. The molecule has 0 unspecified atom stereocenters. The van der Waals surface area contributed by atoms with Crippen molar-refractivity contribution < 1.29 is 9.21 Å². The van der Waals surface area contributed by atoms with E-state index in [1.807, 2.05) is 19.9 Å². The third-order valence-electron chi connectivity index (χ3n) is 3.07. The van der Waals surface area contributed by atoms with E-state index in [-0.39, 0.29) is 5.91 Å². The summed E-state index contributed by atoms with van der Waals surface area (Å²) in [6.07, 6.45) is 5.89. The van der Waals surface area contributed by atoms with Crippen molar-refractivity contribution in [2.24, 2.45) is 0 Å². The molecule has 0 fully saturated rings. The van der Waals surface area contributed by atoms with E-state index in [9.17, 15) is 4.79 Å². The summed E-state index contributed by atoms with van der Waals surface area (Å²) >= 11 is 0. The highest BCUT2D eigenvalue weighted by Crippen LogP contribution is 2.12. The molecule has 3 rings (SSSR count). The molecule has 1 amide bonds. The van der Waals surface area contributed by atoms with Crippen molar-refractivity contribution in [1.82, 2.24) is 19.7 Å². The van der Waals surface area contributed by atoms with Gasteiger partial charge in [0.2, 0.25) is 5.91 Å². The van der Waals surface area contributed by atoms with Crippen LogP contribution in [-0.4, -0.2) is 25.7 Å². The van der Waals surface area contributed by atoms with Crippen molar-refractivity contribution in [3.8, 4) is 5.82 Å². The fourth-order valence-corrected chi connectivity index (χ4v) is 2.10. The summed E-state index contributed by atoms with van der Waals surface area (Å²) in [5.74, 6) is 1.29. The van der Waals surface area contributed by atoms with E-state index in [4.69, 9.17) is 4.42 Å². The van der Waals surface area contributed by atoms with Crippen molar-refractivity contribution in [2.45, 2.75) is 13.8 Å². The molecule has 3 aromatic rings. The molecular weight excluding hydrogens is 294 g/mol. The molecule has 0 saturated heterocycles. The van der Waals surface area contributed by atoms with Gasteiger partial charge in [0.05, 0.1) is 12.0 Å². The van der Waals surface area contributed by atoms with Crippen LogP contribution >= 0.6 is 0 Å². The minimum Gasteiger partial charge on any atom is -0.465 e. The quantitative estimate of drug-likeness (QED) is 0.748. The number of nitrogens with zero attached hydrogens (tertiary/aromatic N) is 4. The summed E-state index contributed by atoms with van der Waals surface area (Å²) in [6.45, 7) is 3.85. The van der Waals surface area contributed by atoms with Crippen molar-refractivity contribution in [3.05, 3.63) is 60.1 Å². The van der Waals surface area contributed by atoms with Gasteiger partial charge in [0.15, 0.2) is 5.82 Å². The second kappa shape index (κ2) is 6.27. The molecule has 23 heavy (non-hydrogen) atoms. The number of hydrogen-bond donors (Lipinski definition) is 1. The Bertz CT molecular complexity index is 849. The third kappa shape index (κ3) is 3.52. The van der Waals surface area contributed by atoms with Crippen LogP contribution in [0, 0.1) is 13.8 Å². The summed E-state index contributed by atoms with van der Waals surface area (Å²) in [7, 11) is 0. The second-order valence-corrected chi connectivity index (χ2v) is 4.94. The Kier molecular flexibility index (Phi) is 4.01. The maximum absolute atomic E-state index is 11.9. The molecule has 0 atom stereocenters. The summed E-state index contributed by atoms with van der Waals surface area (Å²) in [6, 6.07) is 7.13. The first kappa shape index (κ1) is 14.7. The van der Waals surface area contributed by atoms with E-state index < -0.39 is 0 Å². The van der Waals surface area contributed by atoms with Crippen LogP contribution in [0.3, 0.4) is 0 Å². The van der Waals surface area contributed by atoms with Crippen LogP contribution in [0.1, 0.15) is 17.1 Å². The lowest BCUT2D eigenvalue weighted by molar-refractivity contribution is -0.111. The zero-order valence-corrected chi connectivity index (χ0v) is 12.7. The van der Waals surface area contributed by atoms with Crippen molar-refractivity contribution in [1.29, 1.82) is 0 Å². The molecule has 116 valence electrons. The van der Waals surface area contributed by atoms with Crippen molar-refractivity contribution >= 4 is 17.8 Å². The van der Waals surface area contributed by atoms with Gasteiger partial charge in [-0.15, -0.1) is 0 Å². The SMILES string of the molecule is Cc1cc(C)n(-c2cc(NC(=O)/C=C/c3ccco3)ncn2)n1. The van der Waals surface area contributed by atoms with Crippen molar-refractivity contribution in [3.63, 3.8) is 0 Å². The fourth-order valence-electron chi connectivity index (χ4n) is 2.10. The molecule has 0 aliphatic carbocycles. The number of furan rings is 1. The molecule has 0 aromatic carbocycles. The summed E-state index contributed by atoms with van der Waals surface area (Å²) in [5.41, 5.74) is 1.85. The van der Waals surface area contributed by atoms with Crippen LogP contribution in [0.5, 0.6) is 0 Å². The van der Waals surface area contributed by atoms with Gasteiger partial charge in [0, 0.05) is 17.8 Å². The zero-order chi connectivity index (χ0) is 16.2. The number of nitrogens with one attached hydrogen (secondary N) is 1. The number of amides is 1. The van der Waals surface area contributed by atoms with E-state index in [1.54, 1.807) is 35.2 Å². The third-order valence-corrected chi connectivity index (χ3v) is 3.07. The lowest BCUT2D eigenvalue weighted by Crippen LogP contribution is -2.11. The largest absolute Gasteiger partial charge is 0.465 e. The fraction of sp³-hybridized carbons (Fsp3) is 0.125. The van der Waals surface area contributed by atoms with Gasteiger partial charge in [-0.3, -0.25) is 4.79 Å². The molecular formula is C16H15N5O2. The number of carbonyl (C=O) groups is 1. The van der Waals surface area contributed by atoms with Gasteiger partial charge in [-0.25, -0.2) is 14.6 Å². The number of anilines is 1. The number of aryl methyl sites for hydroxylation is 2. The Labute approximate surface area is 132 Å². The maximum atomic E-state index is 11.9. The van der Waals surface area contributed by atoms with Crippen LogP contribution in [0.2, 0.25) is 0 Å². The molecule has 0 bridgehead atoms. The average molecular weight is 309 g/mol. The van der Waals surface area contributed by atoms with E-state index >= 15 is 0 Å².